The van der Waals surface area contributed by atoms with E-state index in [1.165, 1.54) is 19.3 Å². The molecule has 2 atom stereocenters. The molecule has 0 radical (unpaired) electrons. The molecule has 1 aromatic heterocycles. The number of nitrogens with one attached hydrogen (secondary N) is 1. The summed E-state index contributed by atoms with van der Waals surface area (Å²) in [4.78, 5) is 16.2. The zero-order chi connectivity index (χ0) is 12.1. The maximum absolute atomic E-state index is 12.1. The summed E-state index contributed by atoms with van der Waals surface area (Å²) in [7, 11) is 0. The molecule has 17 heavy (non-hydrogen) atoms. The second-order valence-corrected chi connectivity index (χ2v) is 5.03. The molecular formula is C14H20N2O. The highest BCUT2D eigenvalue weighted by molar-refractivity contribution is 5.91. The first-order valence-corrected chi connectivity index (χ1v) is 6.47. The summed E-state index contributed by atoms with van der Waals surface area (Å²) in [5.41, 5.74) is 0. The third-order valence-corrected chi connectivity index (χ3v) is 3.47. The Labute approximate surface area is 103 Å². The minimum absolute atomic E-state index is 0.137. The van der Waals surface area contributed by atoms with Gasteiger partial charge in [-0.1, -0.05) is 32.3 Å². The Morgan fingerprint density at radius 2 is 2.18 bits per heavy atom. The van der Waals surface area contributed by atoms with Gasteiger partial charge in [-0.15, -0.1) is 0 Å². The van der Waals surface area contributed by atoms with E-state index >= 15 is 0 Å². The Kier molecular flexibility index (Phi) is 4.13. The lowest BCUT2D eigenvalue weighted by Gasteiger charge is -2.16. The largest absolute Gasteiger partial charge is 0.310 e. The average molecular weight is 232 g/mol. The topological polar surface area (TPSA) is 42.0 Å². The summed E-state index contributed by atoms with van der Waals surface area (Å²) in [6, 6.07) is 5.57. The van der Waals surface area contributed by atoms with Crippen molar-refractivity contribution in [1.82, 2.24) is 4.98 Å². The van der Waals surface area contributed by atoms with Crippen LogP contribution in [0.3, 0.4) is 0 Å². The molecule has 0 aromatic carbocycles. The number of carbonyl (C=O) groups excluding carboxylic acids is 1. The lowest BCUT2D eigenvalue weighted by atomic mass is 9.94. The van der Waals surface area contributed by atoms with Gasteiger partial charge in [-0.05, 0) is 30.9 Å². The van der Waals surface area contributed by atoms with Crippen LogP contribution < -0.4 is 5.32 Å². The van der Waals surface area contributed by atoms with Gasteiger partial charge in [0.05, 0.1) is 0 Å². The molecule has 1 aliphatic carbocycles. The van der Waals surface area contributed by atoms with Gasteiger partial charge in [0.2, 0.25) is 5.91 Å². The van der Waals surface area contributed by atoms with Crippen molar-refractivity contribution in [2.24, 2.45) is 11.8 Å². The molecule has 1 aliphatic rings. The molecule has 3 heteroatoms. The molecule has 1 amide bonds. The molecule has 0 bridgehead atoms. The second-order valence-electron chi connectivity index (χ2n) is 5.03. The first kappa shape index (κ1) is 12.1. The van der Waals surface area contributed by atoms with Gasteiger partial charge in [0.25, 0.3) is 0 Å². The molecular weight excluding hydrogens is 212 g/mol. The van der Waals surface area contributed by atoms with Crippen LogP contribution in [0.4, 0.5) is 5.82 Å². The molecule has 1 aromatic rings. The Balaban J connectivity index is 1.95. The van der Waals surface area contributed by atoms with Crippen LogP contribution in [0, 0.1) is 11.8 Å². The van der Waals surface area contributed by atoms with Crippen LogP contribution in [-0.4, -0.2) is 10.9 Å². The Morgan fingerprint density at radius 3 is 2.94 bits per heavy atom. The van der Waals surface area contributed by atoms with Crippen molar-refractivity contribution in [3.8, 4) is 0 Å². The molecule has 1 heterocycles. The lowest BCUT2D eigenvalue weighted by molar-refractivity contribution is -0.120. The van der Waals surface area contributed by atoms with Crippen molar-refractivity contribution in [1.29, 1.82) is 0 Å². The van der Waals surface area contributed by atoms with Crippen LogP contribution in [0.1, 0.15) is 39.0 Å². The van der Waals surface area contributed by atoms with Crippen LogP contribution in [0.25, 0.3) is 0 Å². The van der Waals surface area contributed by atoms with Crippen molar-refractivity contribution in [2.45, 2.75) is 39.0 Å². The highest BCUT2D eigenvalue weighted by Crippen LogP contribution is 2.28. The van der Waals surface area contributed by atoms with Gasteiger partial charge in [0.1, 0.15) is 5.82 Å². The summed E-state index contributed by atoms with van der Waals surface area (Å²) in [5.74, 6) is 1.62. The SMILES string of the molecule is CC1CCCCC(C(=O)Nc2ccccn2)C1. The van der Waals surface area contributed by atoms with Crippen molar-refractivity contribution in [2.75, 3.05) is 5.32 Å². The summed E-state index contributed by atoms with van der Waals surface area (Å²) in [6.45, 7) is 2.24. The van der Waals surface area contributed by atoms with Crippen molar-refractivity contribution < 1.29 is 4.79 Å². The number of amides is 1. The second kappa shape index (κ2) is 5.80. The number of nitrogens with zero attached hydrogens (tertiary/aromatic N) is 1. The van der Waals surface area contributed by atoms with Gasteiger partial charge >= 0.3 is 0 Å². The van der Waals surface area contributed by atoms with Crippen LogP contribution in [0.5, 0.6) is 0 Å². The van der Waals surface area contributed by atoms with Gasteiger partial charge < -0.3 is 5.32 Å². The van der Waals surface area contributed by atoms with E-state index in [4.69, 9.17) is 0 Å². The van der Waals surface area contributed by atoms with E-state index in [1.54, 1.807) is 6.20 Å². The summed E-state index contributed by atoms with van der Waals surface area (Å²) >= 11 is 0. The molecule has 1 N–H and O–H groups in total. The Morgan fingerprint density at radius 1 is 1.35 bits per heavy atom. The van der Waals surface area contributed by atoms with E-state index in [2.05, 4.69) is 17.2 Å². The minimum atomic E-state index is 0.137. The standard InChI is InChI=1S/C14H20N2O/c1-11-6-2-3-7-12(10-11)14(17)16-13-8-4-5-9-15-13/h4-5,8-9,11-12H,2-3,6-7,10H2,1H3,(H,15,16,17). The van der Waals surface area contributed by atoms with Crippen molar-refractivity contribution in [3.63, 3.8) is 0 Å². The fraction of sp³-hybridized carbons (Fsp3) is 0.571. The molecule has 2 rings (SSSR count). The van der Waals surface area contributed by atoms with Crippen LogP contribution >= 0.6 is 0 Å². The fourth-order valence-corrected chi connectivity index (χ4v) is 2.51. The van der Waals surface area contributed by atoms with Crippen LogP contribution in [0.15, 0.2) is 24.4 Å². The summed E-state index contributed by atoms with van der Waals surface area (Å²) < 4.78 is 0. The Bertz CT molecular complexity index is 364. The first-order valence-electron chi connectivity index (χ1n) is 6.47. The predicted octanol–water partition coefficient (Wildman–Crippen LogP) is 3.24. The molecule has 2 unspecified atom stereocenters. The molecule has 92 valence electrons. The van der Waals surface area contributed by atoms with Crippen molar-refractivity contribution >= 4 is 11.7 Å². The molecule has 0 aliphatic heterocycles. The fourth-order valence-electron chi connectivity index (χ4n) is 2.51. The van der Waals surface area contributed by atoms with E-state index in [0.29, 0.717) is 11.7 Å². The molecule has 3 nitrogen and oxygen atoms in total. The van der Waals surface area contributed by atoms with E-state index in [1.807, 2.05) is 18.2 Å². The zero-order valence-corrected chi connectivity index (χ0v) is 10.4. The quantitative estimate of drug-likeness (QED) is 0.795. The lowest BCUT2D eigenvalue weighted by Crippen LogP contribution is -2.24. The normalized spacial score (nSPS) is 25.0. The number of hydrogen-bond donors (Lipinski definition) is 1. The maximum atomic E-state index is 12.1. The number of anilines is 1. The first-order chi connectivity index (χ1) is 8.25. The summed E-state index contributed by atoms with van der Waals surface area (Å²) in [6.07, 6.45) is 7.42. The minimum Gasteiger partial charge on any atom is -0.310 e. The monoisotopic (exact) mass is 232 g/mol. The van der Waals surface area contributed by atoms with Gasteiger partial charge in [-0.3, -0.25) is 4.79 Å². The van der Waals surface area contributed by atoms with Crippen LogP contribution in [0.2, 0.25) is 0 Å². The number of rotatable bonds is 2. The van der Waals surface area contributed by atoms with Gasteiger partial charge in [-0.25, -0.2) is 4.98 Å². The predicted molar refractivity (Wildman–Crippen MR) is 68.6 cm³/mol. The smallest absolute Gasteiger partial charge is 0.228 e. The number of pyridine rings is 1. The van der Waals surface area contributed by atoms with Crippen LogP contribution in [-0.2, 0) is 4.79 Å². The molecule has 0 saturated heterocycles. The molecule has 1 saturated carbocycles. The third kappa shape index (κ3) is 3.55. The number of hydrogen-bond acceptors (Lipinski definition) is 2. The molecule has 0 spiro atoms. The number of aromatic nitrogens is 1. The van der Waals surface area contributed by atoms with E-state index < -0.39 is 0 Å². The maximum Gasteiger partial charge on any atom is 0.228 e. The van der Waals surface area contributed by atoms with Gasteiger partial charge in [0, 0.05) is 12.1 Å². The Hall–Kier alpha value is -1.38. The van der Waals surface area contributed by atoms with E-state index in [9.17, 15) is 4.79 Å². The van der Waals surface area contributed by atoms with Crippen molar-refractivity contribution in [3.05, 3.63) is 24.4 Å². The number of carbonyl (C=O) groups is 1. The summed E-state index contributed by atoms with van der Waals surface area (Å²) in [5, 5.41) is 2.91. The highest BCUT2D eigenvalue weighted by Gasteiger charge is 2.23. The zero-order valence-electron chi connectivity index (χ0n) is 10.4. The van der Waals surface area contributed by atoms with E-state index in [-0.39, 0.29) is 11.8 Å². The third-order valence-electron chi connectivity index (χ3n) is 3.47. The van der Waals surface area contributed by atoms with Gasteiger partial charge in [0.15, 0.2) is 0 Å². The van der Waals surface area contributed by atoms with Gasteiger partial charge in [-0.2, -0.15) is 0 Å². The van der Waals surface area contributed by atoms with E-state index in [0.717, 1.165) is 12.8 Å². The average Bonchev–Trinajstić information content (AvgIpc) is 2.55. The molecule has 1 fully saturated rings. The highest BCUT2D eigenvalue weighted by atomic mass is 16.1.